The second kappa shape index (κ2) is 3.75. The molecule has 0 bridgehead atoms. The molecule has 1 saturated heterocycles. The molecule has 1 heterocycles. The van der Waals surface area contributed by atoms with Gasteiger partial charge >= 0.3 is 0 Å². The minimum atomic E-state index is -0.262. The highest BCUT2D eigenvalue weighted by molar-refractivity contribution is 5.03. The fourth-order valence-corrected chi connectivity index (χ4v) is 1.74. The Hall–Kier alpha value is -0.0800. The Bertz CT molecular complexity index is 147. The van der Waals surface area contributed by atoms with E-state index in [1.54, 1.807) is 0 Å². The maximum atomic E-state index is 9.76. The van der Waals surface area contributed by atoms with Gasteiger partial charge in [0.2, 0.25) is 0 Å². The molecule has 0 aromatic carbocycles. The van der Waals surface area contributed by atoms with Crippen LogP contribution in [0.2, 0.25) is 0 Å². The Morgan fingerprint density at radius 3 is 2.58 bits per heavy atom. The molecule has 12 heavy (non-hydrogen) atoms. The summed E-state index contributed by atoms with van der Waals surface area (Å²) in [4.78, 5) is 0. The highest BCUT2D eigenvalue weighted by Crippen LogP contribution is 2.42. The zero-order valence-electron chi connectivity index (χ0n) is 8.34. The highest BCUT2D eigenvalue weighted by atomic mass is 16.6. The van der Waals surface area contributed by atoms with Gasteiger partial charge in [0, 0.05) is 0 Å². The van der Waals surface area contributed by atoms with Crippen LogP contribution in [0.15, 0.2) is 0 Å². The molecule has 0 amide bonds. The number of unbranched alkanes of at least 4 members (excludes halogenated alkanes) is 1. The number of hydrogen-bond donors (Lipinski definition) is 1. The third kappa shape index (κ3) is 1.80. The van der Waals surface area contributed by atoms with E-state index in [4.69, 9.17) is 4.74 Å². The molecule has 1 N–H and O–H groups in total. The summed E-state index contributed by atoms with van der Waals surface area (Å²) in [7, 11) is 0. The molecule has 0 saturated carbocycles. The van der Waals surface area contributed by atoms with E-state index in [9.17, 15) is 5.11 Å². The van der Waals surface area contributed by atoms with Crippen LogP contribution in [-0.4, -0.2) is 22.9 Å². The molecule has 3 atom stereocenters. The van der Waals surface area contributed by atoms with E-state index < -0.39 is 0 Å². The van der Waals surface area contributed by atoms with Gasteiger partial charge in [-0.05, 0) is 19.8 Å². The van der Waals surface area contributed by atoms with Gasteiger partial charge in [-0.2, -0.15) is 0 Å². The first kappa shape index (κ1) is 10.0. The normalized spacial score (nSPS) is 36.5. The molecule has 2 heteroatoms. The minimum absolute atomic E-state index is 0.218. The molecule has 0 aliphatic carbocycles. The van der Waals surface area contributed by atoms with Crippen LogP contribution in [0.5, 0.6) is 0 Å². The summed E-state index contributed by atoms with van der Waals surface area (Å²) >= 11 is 0. The maximum absolute atomic E-state index is 9.76. The summed E-state index contributed by atoms with van der Waals surface area (Å²) in [6.07, 6.45) is 4.16. The van der Waals surface area contributed by atoms with Gasteiger partial charge in [-0.3, -0.25) is 0 Å². The van der Waals surface area contributed by atoms with Crippen molar-refractivity contribution in [1.29, 1.82) is 0 Å². The van der Waals surface area contributed by atoms with Crippen LogP contribution in [-0.2, 0) is 4.74 Å². The molecule has 0 aromatic heterocycles. The van der Waals surface area contributed by atoms with Gasteiger partial charge in [0.15, 0.2) is 0 Å². The van der Waals surface area contributed by atoms with Crippen molar-refractivity contribution in [3.63, 3.8) is 0 Å². The molecule has 2 nitrogen and oxygen atoms in total. The van der Waals surface area contributed by atoms with E-state index in [0.29, 0.717) is 6.10 Å². The largest absolute Gasteiger partial charge is 0.390 e. The summed E-state index contributed by atoms with van der Waals surface area (Å²) < 4.78 is 5.46. The lowest BCUT2D eigenvalue weighted by atomic mass is 9.95. The van der Waals surface area contributed by atoms with Gasteiger partial charge in [-0.1, -0.05) is 26.7 Å². The number of aliphatic hydroxyl groups is 1. The maximum Gasteiger partial charge on any atom is 0.118 e. The third-order valence-electron chi connectivity index (χ3n) is 2.84. The van der Waals surface area contributed by atoms with Crippen molar-refractivity contribution < 1.29 is 9.84 Å². The summed E-state index contributed by atoms with van der Waals surface area (Å²) in [6.45, 7) is 6.25. The molecule has 1 aliphatic rings. The number of aliphatic hydroxyl groups excluding tert-OH is 1. The van der Waals surface area contributed by atoms with Crippen molar-refractivity contribution in [1.82, 2.24) is 0 Å². The Morgan fingerprint density at radius 2 is 2.17 bits per heavy atom. The van der Waals surface area contributed by atoms with Crippen molar-refractivity contribution in [2.75, 3.05) is 0 Å². The molecule has 1 aliphatic heterocycles. The van der Waals surface area contributed by atoms with Gasteiger partial charge in [0.1, 0.15) is 5.60 Å². The first-order chi connectivity index (χ1) is 5.65. The molecule has 0 radical (unpaired) electrons. The lowest BCUT2D eigenvalue weighted by Gasteiger charge is -2.14. The van der Waals surface area contributed by atoms with Crippen molar-refractivity contribution >= 4 is 0 Å². The monoisotopic (exact) mass is 172 g/mol. The lowest BCUT2D eigenvalue weighted by molar-refractivity contribution is 0.0756. The first-order valence-corrected chi connectivity index (χ1v) is 5.01. The molecule has 72 valence electrons. The molecule has 0 aromatic rings. The molecule has 1 rings (SSSR count). The second-order valence-electron chi connectivity index (χ2n) is 3.86. The average Bonchev–Trinajstić information content (AvgIpc) is 2.74. The predicted octanol–water partition coefficient (Wildman–Crippen LogP) is 2.10. The quantitative estimate of drug-likeness (QED) is 0.644. The standard InChI is InChI=1S/C10H20O2/c1-4-6-7-8(11)10(3)9(5-2)12-10/h8-9,11H,4-7H2,1-3H3/t8?,9-,10+/m0/s1. The zero-order chi connectivity index (χ0) is 9.19. The van der Waals surface area contributed by atoms with E-state index in [1.807, 2.05) is 6.92 Å². The average molecular weight is 172 g/mol. The minimum Gasteiger partial charge on any atom is -0.390 e. The van der Waals surface area contributed by atoms with Gasteiger partial charge in [0.05, 0.1) is 12.2 Å². The Kier molecular flexibility index (Phi) is 3.13. The van der Waals surface area contributed by atoms with Crippen molar-refractivity contribution in [2.45, 2.75) is 64.3 Å². The number of hydrogen-bond acceptors (Lipinski definition) is 2. The van der Waals surface area contributed by atoms with Gasteiger partial charge in [-0.25, -0.2) is 0 Å². The summed E-state index contributed by atoms with van der Waals surface area (Å²) in [6, 6.07) is 0. The zero-order valence-corrected chi connectivity index (χ0v) is 8.34. The highest BCUT2D eigenvalue weighted by Gasteiger charge is 2.55. The molecular formula is C10H20O2. The van der Waals surface area contributed by atoms with E-state index in [0.717, 1.165) is 25.7 Å². The van der Waals surface area contributed by atoms with Crippen LogP contribution in [0.4, 0.5) is 0 Å². The molecular weight excluding hydrogens is 152 g/mol. The van der Waals surface area contributed by atoms with E-state index >= 15 is 0 Å². The number of epoxide rings is 1. The predicted molar refractivity (Wildman–Crippen MR) is 49.1 cm³/mol. The van der Waals surface area contributed by atoms with Crippen molar-refractivity contribution in [2.24, 2.45) is 0 Å². The van der Waals surface area contributed by atoms with Crippen LogP contribution in [0, 0.1) is 0 Å². The van der Waals surface area contributed by atoms with Crippen LogP contribution in [0.3, 0.4) is 0 Å². The van der Waals surface area contributed by atoms with E-state index in [2.05, 4.69) is 13.8 Å². The fraction of sp³-hybridized carbons (Fsp3) is 1.00. The van der Waals surface area contributed by atoms with Crippen molar-refractivity contribution in [3.8, 4) is 0 Å². The number of rotatable bonds is 5. The smallest absolute Gasteiger partial charge is 0.118 e. The van der Waals surface area contributed by atoms with E-state index in [-0.39, 0.29) is 11.7 Å². The molecule has 1 unspecified atom stereocenters. The first-order valence-electron chi connectivity index (χ1n) is 5.01. The summed E-state index contributed by atoms with van der Waals surface area (Å²) in [5, 5.41) is 9.76. The van der Waals surface area contributed by atoms with E-state index in [1.165, 1.54) is 0 Å². The van der Waals surface area contributed by atoms with Gasteiger partial charge < -0.3 is 9.84 Å². The molecule has 1 fully saturated rings. The number of ether oxygens (including phenoxy) is 1. The Morgan fingerprint density at radius 1 is 1.50 bits per heavy atom. The van der Waals surface area contributed by atoms with Crippen molar-refractivity contribution in [3.05, 3.63) is 0 Å². The van der Waals surface area contributed by atoms with Crippen LogP contribution >= 0.6 is 0 Å². The molecule has 0 spiro atoms. The topological polar surface area (TPSA) is 32.8 Å². The van der Waals surface area contributed by atoms with Gasteiger partial charge in [-0.15, -0.1) is 0 Å². The summed E-state index contributed by atoms with van der Waals surface area (Å²) in [5.41, 5.74) is -0.218. The third-order valence-corrected chi connectivity index (χ3v) is 2.84. The summed E-state index contributed by atoms with van der Waals surface area (Å²) in [5.74, 6) is 0. The Balaban J connectivity index is 2.28. The van der Waals surface area contributed by atoms with Gasteiger partial charge in [0.25, 0.3) is 0 Å². The fourth-order valence-electron chi connectivity index (χ4n) is 1.74. The van der Waals surface area contributed by atoms with Crippen LogP contribution in [0.25, 0.3) is 0 Å². The lowest BCUT2D eigenvalue weighted by Crippen LogP contribution is -2.28. The SMILES string of the molecule is CCCCC(O)[C@@]1(C)O[C@H]1CC. The van der Waals surface area contributed by atoms with Crippen LogP contribution < -0.4 is 0 Å². The Labute approximate surface area is 74.9 Å². The second-order valence-corrected chi connectivity index (χ2v) is 3.86. The van der Waals surface area contributed by atoms with Crippen LogP contribution in [0.1, 0.15) is 46.5 Å².